The Morgan fingerprint density at radius 3 is 2.32 bits per heavy atom. The van der Waals surface area contributed by atoms with Gasteiger partial charge in [0, 0.05) is 20.1 Å². The number of hydrogen-bond donors (Lipinski definition) is 1. The summed E-state index contributed by atoms with van der Waals surface area (Å²) in [6, 6.07) is 7.06. The average Bonchev–Trinajstić information content (AvgIpc) is 2.40. The summed E-state index contributed by atoms with van der Waals surface area (Å²) in [6.45, 7) is 3.43. The van der Waals surface area contributed by atoms with Gasteiger partial charge in [-0.3, -0.25) is 0 Å². The maximum absolute atomic E-state index is 12.3. The van der Waals surface area contributed by atoms with E-state index in [4.69, 9.17) is 0 Å². The van der Waals surface area contributed by atoms with Crippen molar-refractivity contribution in [1.82, 2.24) is 9.62 Å². The van der Waals surface area contributed by atoms with E-state index in [0.29, 0.717) is 11.4 Å². The third-order valence-corrected chi connectivity index (χ3v) is 4.96. The van der Waals surface area contributed by atoms with Crippen LogP contribution in [0.25, 0.3) is 0 Å². The van der Waals surface area contributed by atoms with Crippen molar-refractivity contribution in [2.75, 3.05) is 20.6 Å². The summed E-state index contributed by atoms with van der Waals surface area (Å²) < 4.78 is 26.1. The maximum Gasteiger partial charge on any atom is 0.242 e. The lowest BCUT2D eigenvalue weighted by atomic mass is 10.2. The largest absolute Gasteiger partial charge is 0.316 e. The number of benzene rings is 1. The van der Waals surface area contributed by atoms with Crippen LogP contribution >= 0.6 is 0 Å². The molecule has 0 heterocycles. The van der Waals surface area contributed by atoms with E-state index in [1.54, 1.807) is 19.2 Å². The Kier molecular flexibility index (Phi) is 6.48. The molecule has 0 fully saturated rings. The molecule has 0 aliphatic rings. The molecule has 0 saturated carbocycles. The summed E-state index contributed by atoms with van der Waals surface area (Å²) in [7, 11) is 0.174. The predicted molar refractivity (Wildman–Crippen MR) is 78.5 cm³/mol. The fraction of sp³-hybridized carbons (Fsp3) is 0.571. The average molecular weight is 284 g/mol. The van der Waals surface area contributed by atoms with Gasteiger partial charge in [-0.05, 0) is 31.2 Å². The zero-order valence-corrected chi connectivity index (χ0v) is 12.8. The lowest BCUT2D eigenvalue weighted by Gasteiger charge is -2.17. The monoisotopic (exact) mass is 284 g/mol. The van der Waals surface area contributed by atoms with Crippen molar-refractivity contribution in [2.24, 2.45) is 0 Å². The number of nitrogens with zero attached hydrogens (tertiary/aromatic N) is 1. The lowest BCUT2D eigenvalue weighted by molar-refractivity contribution is 0.454. The highest BCUT2D eigenvalue weighted by Crippen LogP contribution is 2.16. The molecule has 0 atom stereocenters. The van der Waals surface area contributed by atoms with E-state index in [0.717, 1.165) is 31.4 Å². The van der Waals surface area contributed by atoms with E-state index in [2.05, 4.69) is 12.2 Å². The molecular weight excluding hydrogens is 260 g/mol. The Bertz CT molecular complexity index is 469. The first-order valence-electron chi connectivity index (χ1n) is 6.72. The second-order valence-corrected chi connectivity index (χ2v) is 6.75. The summed E-state index contributed by atoms with van der Waals surface area (Å²) >= 11 is 0. The topological polar surface area (TPSA) is 49.4 Å². The van der Waals surface area contributed by atoms with Gasteiger partial charge in [-0.25, -0.2) is 12.7 Å². The molecule has 4 nitrogen and oxygen atoms in total. The van der Waals surface area contributed by atoms with Gasteiger partial charge in [0.1, 0.15) is 0 Å². The molecular formula is C14H24N2O2S. The molecule has 5 heteroatoms. The molecule has 1 aromatic carbocycles. The molecule has 0 spiro atoms. The summed E-state index contributed by atoms with van der Waals surface area (Å²) in [6.07, 6.45) is 3.05. The van der Waals surface area contributed by atoms with E-state index in [-0.39, 0.29) is 0 Å². The highest BCUT2D eigenvalue weighted by molar-refractivity contribution is 7.89. The number of nitrogens with one attached hydrogen (secondary N) is 1. The highest BCUT2D eigenvalue weighted by Gasteiger charge is 2.19. The van der Waals surface area contributed by atoms with Crippen LogP contribution in [0, 0.1) is 0 Å². The van der Waals surface area contributed by atoms with Crippen LogP contribution in [0.1, 0.15) is 31.7 Å². The molecule has 19 heavy (non-hydrogen) atoms. The summed E-state index contributed by atoms with van der Waals surface area (Å²) in [5, 5.41) is 3.04. The minimum Gasteiger partial charge on any atom is -0.316 e. The zero-order chi connectivity index (χ0) is 14.3. The number of unbranched alkanes of at least 4 members (excludes halogenated alkanes) is 2. The van der Waals surface area contributed by atoms with Crippen LogP contribution in [-0.2, 0) is 16.6 Å². The third-order valence-electron chi connectivity index (χ3n) is 3.09. The van der Waals surface area contributed by atoms with Gasteiger partial charge in [0.25, 0.3) is 0 Å². The van der Waals surface area contributed by atoms with Crippen LogP contribution < -0.4 is 5.32 Å². The molecule has 0 saturated heterocycles. The Morgan fingerprint density at radius 1 is 1.16 bits per heavy atom. The summed E-state index contributed by atoms with van der Waals surface area (Å²) in [5.41, 5.74) is 1.08. The van der Waals surface area contributed by atoms with Gasteiger partial charge in [0.05, 0.1) is 4.90 Å². The SMILES string of the molecule is CCCCCN(C)S(=O)(=O)c1ccc(CNC)cc1. The third kappa shape index (κ3) is 4.60. The molecule has 0 amide bonds. The Morgan fingerprint density at radius 2 is 1.79 bits per heavy atom. The first-order chi connectivity index (χ1) is 9.02. The molecule has 0 aliphatic heterocycles. The Hall–Kier alpha value is -0.910. The van der Waals surface area contributed by atoms with Crippen molar-refractivity contribution in [3.8, 4) is 0 Å². The van der Waals surface area contributed by atoms with Gasteiger partial charge in [0.15, 0.2) is 0 Å². The molecule has 0 aliphatic carbocycles. The fourth-order valence-electron chi connectivity index (χ4n) is 1.87. The van der Waals surface area contributed by atoms with Gasteiger partial charge in [-0.1, -0.05) is 31.9 Å². The highest BCUT2D eigenvalue weighted by atomic mass is 32.2. The molecule has 1 aromatic rings. The predicted octanol–water partition coefficient (Wildman–Crippen LogP) is 2.22. The molecule has 0 unspecified atom stereocenters. The molecule has 0 radical (unpaired) electrons. The minimum absolute atomic E-state index is 0.367. The van der Waals surface area contributed by atoms with Crippen LogP contribution in [-0.4, -0.2) is 33.4 Å². The number of sulfonamides is 1. The molecule has 1 N–H and O–H groups in total. The van der Waals surface area contributed by atoms with Gasteiger partial charge in [0.2, 0.25) is 10.0 Å². The van der Waals surface area contributed by atoms with E-state index >= 15 is 0 Å². The Labute approximate surface area is 116 Å². The van der Waals surface area contributed by atoms with Crippen molar-refractivity contribution in [2.45, 2.75) is 37.6 Å². The maximum atomic E-state index is 12.3. The standard InChI is InChI=1S/C14H24N2O2S/c1-4-5-6-11-16(3)19(17,18)14-9-7-13(8-10-14)12-15-2/h7-10,15H,4-6,11-12H2,1-3H3. The van der Waals surface area contributed by atoms with Crippen molar-refractivity contribution in [3.63, 3.8) is 0 Å². The van der Waals surface area contributed by atoms with Crippen LogP contribution in [0.2, 0.25) is 0 Å². The van der Waals surface area contributed by atoms with Crippen molar-refractivity contribution >= 4 is 10.0 Å². The second kappa shape index (κ2) is 7.62. The lowest BCUT2D eigenvalue weighted by Crippen LogP contribution is -2.28. The van der Waals surface area contributed by atoms with Crippen LogP contribution in [0.5, 0.6) is 0 Å². The zero-order valence-electron chi connectivity index (χ0n) is 12.0. The molecule has 108 valence electrons. The summed E-state index contributed by atoms with van der Waals surface area (Å²) in [5.74, 6) is 0. The van der Waals surface area contributed by atoms with Gasteiger partial charge >= 0.3 is 0 Å². The van der Waals surface area contributed by atoms with Gasteiger partial charge in [-0.15, -0.1) is 0 Å². The van der Waals surface area contributed by atoms with Crippen LogP contribution in [0.3, 0.4) is 0 Å². The quantitative estimate of drug-likeness (QED) is 0.745. The molecule has 0 bridgehead atoms. The van der Waals surface area contributed by atoms with Crippen LogP contribution in [0.4, 0.5) is 0 Å². The number of hydrogen-bond acceptors (Lipinski definition) is 3. The Balaban J connectivity index is 2.75. The van der Waals surface area contributed by atoms with Crippen molar-refractivity contribution in [1.29, 1.82) is 0 Å². The van der Waals surface area contributed by atoms with Gasteiger partial charge in [-0.2, -0.15) is 0 Å². The summed E-state index contributed by atoms with van der Waals surface area (Å²) in [4.78, 5) is 0.367. The van der Waals surface area contributed by atoms with Crippen molar-refractivity contribution < 1.29 is 8.42 Å². The van der Waals surface area contributed by atoms with Gasteiger partial charge < -0.3 is 5.32 Å². The normalized spacial score (nSPS) is 12.0. The van der Waals surface area contributed by atoms with E-state index in [9.17, 15) is 8.42 Å². The number of rotatable bonds is 8. The minimum atomic E-state index is -3.34. The first-order valence-corrected chi connectivity index (χ1v) is 8.16. The molecule has 1 rings (SSSR count). The van der Waals surface area contributed by atoms with E-state index < -0.39 is 10.0 Å². The fourth-order valence-corrected chi connectivity index (χ4v) is 3.08. The molecule has 0 aromatic heterocycles. The second-order valence-electron chi connectivity index (χ2n) is 4.71. The van der Waals surface area contributed by atoms with Crippen LogP contribution in [0.15, 0.2) is 29.2 Å². The van der Waals surface area contributed by atoms with Crippen molar-refractivity contribution in [3.05, 3.63) is 29.8 Å². The first kappa shape index (κ1) is 16.1. The van der Waals surface area contributed by atoms with E-state index in [1.165, 1.54) is 4.31 Å². The smallest absolute Gasteiger partial charge is 0.242 e. The van der Waals surface area contributed by atoms with E-state index in [1.807, 2.05) is 19.2 Å².